The summed E-state index contributed by atoms with van der Waals surface area (Å²) in [5, 5.41) is 0. The van der Waals surface area contributed by atoms with Gasteiger partial charge in [0.2, 0.25) is 0 Å². The van der Waals surface area contributed by atoms with Crippen LogP contribution in [0.2, 0.25) is 0 Å². The molecule has 0 radical (unpaired) electrons. The van der Waals surface area contributed by atoms with Gasteiger partial charge < -0.3 is 9.47 Å². The molecule has 6 atom stereocenters. The maximum absolute atomic E-state index is 11.9. The topological polar surface area (TPSA) is 52.6 Å². The number of esters is 2. The summed E-state index contributed by atoms with van der Waals surface area (Å²) in [7, 11) is 0. The molecule has 3 fully saturated rings. The van der Waals surface area contributed by atoms with Crippen LogP contribution in [0.4, 0.5) is 0 Å². The van der Waals surface area contributed by atoms with Crippen molar-refractivity contribution in [3.05, 3.63) is 23.8 Å². The van der Waals surface area contributed by atoms with Crippen LogP contribution in [0.25, 0.3) is 0 Å². The Morgan fingerprint density at radius 2 is 1.88 bits per heavy atom. The fourth-order valence-electron chi connectivity index (χ4n) is 6.92. The van der Waals surface area contributed by atoms with Crippen LogP contribution >= 0.6 is 0 Å². The molecule has 134 valence electrons. The average molecular weight is 342 g/mol. The number of rotatable bonds is 0. The summed E-state index contributed by atoms with van der Waals surface area (Å²) in [6.45, 7) is 5.12. The van der Waals surface area contributed by atoms with Crippen LogP contribution < -0.4 is 0 Å². The molecule has 2 aliphatic heterocycles. The highest BCUT2D eigenvalue weighted by atomic mass is 16.6. The van der Waals surface area contributed by atoms with E-state index in [1.54, 1.807) is 6.08 Å². The maximum Gasteiger partial charge on any atom is 0.331 e. The zero-order valence-corrected chi connectivity index (χ0v) is 15.0. The summed E-state index contributed by atoms with van der Waals surface area (Å²) in [6.07, 6.45) is 12.0. The Morgan fingerprint density at radius 3 is 2.64 bits per heavy atom. The lowest BCUT2D eigenvalue weighted by molar-refractivity contribution is -0.166. The normalized spacial score (nSPS) is 50.6. The molecule has 5 rings (SSSR count). The van der Waals surface area contributed by atoms with Crippen molar-refractivity contribution >= 4 is 11.9 Å². The Bertz CT molecular complexity index is 721. The number of hydrogen-bond acceptors (Lipinski definition) is 4. The second-order valence-electron chi connectivity index (χ2n) is 9.24. The molecule has 1 spiro atoms. The number of ether oxygens (including phenoxy) is 2. The summed E-state index contributed by atoms with van der Waals surface area (Å²) in [6, 6.07) is 0. The van der Waals surface area contributed by atoms with Gasteiger partial charge >= 0.3 is 11.9 Å². The number of cyclic esters (lactones) is 1. The van der Waals surface area contributed by atoms with Crippen molar-refractivity contribution in [2.45, 2.75) is 58.0 Å². The van der Waals surface area contributed by atoms with Gasteiger partial charge in [0.15, 0.2) is 0 Å². The third kappa shape index (κ3) is 1.83. The molecule has 0 N–H and O–H groups in total. The Kier molecular flexibility index (Phi) is 2.99. The minimum absolute atomic E-state index is 0.0143. The Hall–Kier alpha value is -1.58. The van der Waals surface area contributed by atoms with Gasteiger partial charge in [-0.2, -0.15) is 0 Å². The summed E-state index contributed by atoms with van der Waals surface area (Å²) in [5.74, 6) is 1.30. The van der Waals surface area contributed by atoms with Gasteiger partial charge in [0.1, 0.15) is 12.2 Å². The van der Waals surface area contributed by atoms with Gasteiger partial charge in [0.25, 0.3) is 0 Å². The summed E-state index contributed by atoms with van der Waals surface area (Å²) >= 11 is 0. The highest BCUT2D eigenvalue weighted by molar-refractivity contribution is 5.85. The predicted octanol–water partition coefficient (Wildman–Crippen LogP) is 3.56. The Labute approximate surface area is 148 Å². The van der Waals surface area contributed by atoms with Gasteiger partial charge in [-0.25, -0.2) is 4.79 Å². The van der Waals surface area contributed by atoms with Crippen molar-refractivity contribution in [2.24, 2.45) is 28.6 Å². The Balaban J connectivity index is 1.53. The number of carbonyl (C=O) groups is 2. The zero-order chi connectivity index (χ0) is 17.4. The van der Waals surface area contributed by atoms with Gasteiger partial charge in [0.05, 0.1) is 0 Å². The average Bonchev–Trinajstić information content (AvgIpc) is 3.10. The van der Waals surface area contributed by atoms with E-state index in [0.717, 1.165) is 37.7 Å². The third-order valence-electron chi connectivity index (χ3n) is 8.43. The van der Waals surface area contributed by atoms with Crippen LogP contribution in [0.5, 0.6) is 0 Å². The van der Waals surface area contributed by atoms with Crippen molar-refractivity contribution in [1.29, 1.82) is 0 Å². The number of hydrogen-bond donors (Lipinski definition) is 0. The molecule has 0 aromatic rings. The lowest BCUT2D eigenvalue weighted by atomic mass is 9.49. The summed E-state index contributed by atoms with van der Waals surface area (Å²) in [5.41, 5.74) is 0.905. The molecule has 0 unspecified atom stereocenters. The van der Waals surface area contributed by atoms with Crippen molar-refractivity contribution in [3.63, 3.8) is 0 Å². The molecular formula is C21H26O4. The van der Waals surface area contributed by atoms with E-state index < -0.39 is 0 Å². The second kappa shape index (κ2) is 4.77. The minimum atomic E-state index is -0.233. The first-order valence-electron chi connectivity index (χ1n) is 9.67. The van der Waals surface area contributed by atoms with Gasteiger partial charge in [-0.3, -0.25) is 4.79 Å². The molecule has 5 aliphatic rings. The SMILES string of the molecule is C[C@]12COC(=O)C=C1C=C[C@@H]1[C@@H]2CC[C@@]2(C)[C@H]1CC[C@@]21CCC(=O)O1. The molecule has 25 heavy (non-hydrogen) atoms. The molecule has 3 aliphatic carbocycles. The zero-order valence-electron chi connectivity index (χ0n) is 15.0. The summed E-state index contributed by atoms with van der Waals surface area (Å²) < 4.78 is 11.4. The molecule has 4 nitrogen and oxygen atoms in total. The Morgan fingerprint density at radius 1 is 1.08 bits per heavy atom. The molecule has 0 aromatic heterocycles. The van der Waals surface area contributed by atoms with E-state index in [9.17, 15) is 9.59 Å². The molecule has 1 saturated heterocycles. The first-order valence-corrected chi connectivity index (χ1v) is 9.67. The lowest BCUT2D eigenvalue weighted by Gasteiger charge is -2.56. The fourth-order valence-corrected chi connectivity index (χ4v) is 6.92. The van der Waals surface area contributed by atoms with Crippen LogP contribution in [0.15, 0.2) is 23.8 Å². The van der Waals surface area contributed by atoms with E-state index in [1.165, 1.54) is 0 Å². The van der Waals surface area contributed by atoms with Gasteiger partial charge in [-0.15, -0.1) is 0 Å². The maximum atomic E-state index is 11.9. The van der Waals surface area contributed by atoms with Crippen LogP contribution in [0.3, 0.4) is 0 Å². The van der Waals surface area contributed by atoms with Crippen molar-refractivity contribution < 1.29 is 19.1 Å². The van der Waals surface area contributed by atoms with E-state index in [-0.39, 0.29) is 28.4 Å². The standard InChI is InChI=1S/C21H26O4/c1-19-12-24-18(23)11-13(19)3-4-14-15(19)5-8-20(2)16(14)6-9-21(20)10-7-17(22)25-21/h3-4,11,14-16H,5-10,12H2,1-2H3/t14-,15+,16+,19+,20+,21-/m1/s1. The van der Waals surface area contributed by atoms with Crippen LogP contribution in [0.1, 0.15) is 52.4 Å². The van der Waals surface area contributed by atoms with Crippen molar-refractivity contribution in [1.82, 2.24) is 0 Å². The third-order valence-corrected chi connectivity index (χ3v) is 8.43. The molecular weight excluding hydrogens is 316 g/mol. The van der Waals surface area contributed by atoms with Crippen molar-refractivity contribution in [3.8, 4) is 0 Å². The highest BCUT2D eigenvalue weighted by Gasteiger charge is 2.66. The van der Waals surface area contributed by atoms with E-state index in [2.05, 4.69) is 26.0 Å². The van der Waals surface area contributed by atoms with Gasteiger partial charge in [0, 0.05) is 23.3 Å². The van der Waals surface area contributed by atoms with Crippen LogP contribution in [-0.2, 0) is 19.1 Å². The quantitative estimate of drug-likeness (QED) is 0.632. The monoisotopic (exact) mass is 342 g/mol. The van der Waals surface area contributed by atoms with Gasteiger partial charge in [-0.1, -0.05) is 26.0 Å². The van der Waals surface area contributed by atoms with Crippen LogP contribution in [-0.4, -0.2) is 24.1 Å². The van der Waals surface area contributed by atoms with E-state index in [0.29, 0.717) is 30.8 Å². The van der Waals surface area contributed by atoms with E-state index in [1.807, 2.05) is 0 Å². The summed E-state index contributed by atoms with van der Waals surface area (Å²) in [4.78, 5) is 23.6. The molecule has 2 heterocycles. The minimum Gasteiger partial charge on any atom is -0.462 e. The molecule has 0 aromatic carbocycles. The lowest BCUT2D eigenvalue weighted by Crippen LogP contribution is -2.54. The second-order valence-corrected chi connectivity index (χ2v) is 9.24. The number of carbonyl (C=O) groups excluding carboxylic acids is 2. The number of allylic oxidation sites excluding steroid dienone is 2. The largest absolute Gasteiger partial charge is 0.462 e. The van der Waals surface area contributed by atoms with E-state index in [4.69, 9.17) is 9.47 Å². The van der Waals surface area contributed by atoms with E-state index >= 15 is 0 Å². The molecule has 0 amide bonds. The molecule has 2 saturated carbocycles. The smallest absolute Gasteiger partial charge is 0.331 e. The first kappa shape index (κ1) is 15.7. The number of fused-ring (bicyclic) bond motifs is 6. The predicted molar refractivity (Wildman–Crippen MR) is 91.4 cm³/mol. The molecule has 4 heteroatoms. The fraction of sp³-hybridized carbons (Fsp3) is 0.714. The van der Waals surface area contributed by atoms with Crippen LogP contribution in [0, 0.1) is 28.6 Å². The van der Waals surface area contributed by atoms with Crippen molar-refractivity contribution in [2.75, 3.05) is 6.61 Å². The highest BCUT2D eigenvalue weighted by Crippen LogP contribution is 2.68. The molecule has 0 bridgehead atoms. The van der Waals surface area contributed by atoms with Gasteiger partial charge in [-0.05, 0) is 55.4 Å². The first-order chi connectivity index (χ1) is 11.9.